The third-order valence-electron chi connectivity index (χ3n) is 3.81. The van der Waals surface area contributed by atoms with Gasteiger partial charge in [-0.1, -0.05) is 26.2 Å². The van der Waals surface area contributed by atoms with E-state index in [0.717, 1.165) is 12.8 Å². The van der Waals surface area contributed by atoms with Crippen LogP contribution in [0.3, 0.4) is 0 Å². The zero-order valence-corrected chi connectivity index (χ0v) is 10.5. The van der Waals surface area contributed by atoms with Gasteiger partial charge in [0.25, 0.3) is 0 Å². The fourth-order valence-corrected chi connectivity index (χ4v) is 2.56. The lowest BCUT2D eigenvalue weighted by Crippen LogP contribution is -2.54. The SMILES string of the molecule is CCC1CCCC(NCC(F)(F)F)(C(=O)O)CC1. The molecule has 1 rings (SSSR count). The number of aliphatic carboxylic acids is 1. The Balaban J connectivity index is 2.71. The summed E-state index contributed by atoms with van der Waals surface area (Å²) in [5.74, 6) is -0.734. The van der Waals surface area contributed by atoms with E-state index in [1.165, 1.54) is 0 Å². The molecule has 18 heavy (non-hydrogen) atoms. The molecule has 1 aliphatic rings. The van der Waals surface area contributed by atoms with E-state index in [1.54, 1.807) is 0 Å². The highest BCUT2D eigenvalue weighted by atomic mass is 19.4. The van der Waals surface area contributed by atoms with Crippen molar-refractivity contribution in [2.45, 2.75) is 57.2 Å². The van der Waals surface area contributed by atoms with Crippen molar-refractivity contribution in [1.82, 2.24) is 5.32 Å². The van der Waals surface area contributed by atoms with Crippen LogP contribution in [0.15, 0.2) is 0 Å². The molecule has 0 spiro atoms. The van der Waals surface area contributed by atoms with Crippen LogP contribution in [0.2, 0.25) is 0 Å². The van der Waals surface area contributed by atoms with Crippen LogP contribution in [0.4, 0.5) is 13.2 Å². The molecule has 1 fully saturated rings. The molecule has 2 unspecified atom stereocenters. The molecule has 1 saturated carbocycles. The van der Waals surface area contributed by atoms with Crippen molar-refractivity contribution in [3.63, 3.8) is 0 Å². The van der Waals surface area contributed by atoms with Crippen molar-refractivity contribution >= 4 is 5.97 Å². The predicted octanol–water partition coefficient (Wildman–Crippen LogP) is 2.95. The van der Waals surface area contributed by atoms with Crippen LogP contribution in [0.5, 0.6) is 0 Å². The summed E-state index contributed by atoms with van der Waals surface area (Å²) in [7, 11) is 0. The van der Waals surface area contributed by atoms with Crippen molar-refractivity contribution in [3.05, 3.63) is 0 Å². The molecule has 106 valence electrons. The molecule has 0 saturated heterocycles. The topological polar surface area (TPSA) is 49.3 Å². The predicted molar refractivity (Wildman–Crippen MR) is 61.3 cm³/mol. The van der Waals surface area contributed by atoms with E-state index in [4.69, 9.17) is 0 Å². The van der Waals surface area contributed by atoms with Gasteiger partial charge in [0.2, 0.25) is 0 Å². The zero-order valence-electron chi connectivity index (χ0n) is 10.5. The molecule has 0 aromatic rings. The van der Waals surface area contributed by atoms with Crippen molar-refractivity contribution < 1.29 is 23.1 Å². The van der Waals surface area contributed by atoms with E-state index in [9.17, 15) is 23.1 Å². The molecular formula is C12H20F3NO2. The van der Waals surface area contributed by atoms with E-state index < -0.39 is 24.2 Å². The van der Waals surface area contributed by atoms with Gasteiger partial charge in [0, 0.05) is 0 Å². The van der Waals surface area contributed by atoms with Gasteiger partial charge in [0.15, 0.2) is 0 Å². The minimum atomic E-state index is -4.38. The molecule has 0 aromatic heterocycles. The number of rotatable bonds is 4. The Morgan fingerprint density at radius 2 is 2.06 bits per heavy atom. The summed E-state index contributed by atoms with van der Waals surface area (Å²) in [5.41, 5.74) is -1.40. The largest absolute Gasteiger partial charge is 0.480 e. The molecule has 0 aliphatic heterocycles. The molecule has 2 atom stereocenters. The maximum absolute atomic E-state index is 12.2. The van der Waals surface area contributed by atoms with E-state index in [-0.39, 0.29) is 12.8 Å². The zero-order chi connectivity index (χ0) is 13.8. The summed E-state index contributed by atoms with van der Waals surface area (Å²) >= 11 is 0. The average molecular weight is 267 g/mol. The number of halogens is 3. The van der Waals surface area contributed by atoms with Crippen molar-refractivity contribution in [2.75, 3.05) is 6.54 Å². The Morgan fingerprint density at radius 3 is 2.56 bits per heavy atom. The Kier molecular flexibility index (Phi) is 5.01. The number of alkyl halides is 3. The number of carboxylic acids is 1. The highest BCUT2D eigenvalue weighted by Gasteiger charge is 2.42. The minimum absolute atomic E-state index is 0.273. The van der Waals surface area contributed by atoms with E-state index in [1.807, 2.05) is 6.92 Å². The van der Waals surface area contributed by atoms with Gasteiger partial charge in [-0.2, -0.15) is 13.2 Å². The molecule has 1 aliphatic carbocycles. The van der Waals surface area contributed by atoms with E-state index in [2.05, 4.69) is 5.32 Å². The van der Waals surface area contributed by atoms with Crippen molar-refractivity contribution in [2.24, 2.45) is 5.92 Å². The molecule has 0 heterocycles. The molecular weight excluding hydrogens is 247 g/mol. The second-order valence-corrected chi connectivity index (χ2v) is 5.06. The van der Waals surface area contributed by atoms with Crippen molar-refractivity contribution in [1.29, 1.82) is 0 Å². The van der Waals surface area contributed by atoms with Crippen LogP contribution < -0.4 is 5.32 Å². The van der Waals surface area contributed by atoms with Crippen LogP contribution in [0.25, 0.3) is 0 Å². The Morgan fingerprint density at radius 1 is 1.39 bits per heavy atom. The first-order chi connectivity index (χ1) is 8.29. The van der Waals surface area contributed by atoms with Crippen LogP contribution in [0, 0.1) is 5.92 Å². The lowest BCUT2D eigenvalue weighted by atomic mass is 9.89. The first-order valence-electron chi connectivity index (χ1n) is 6.34. The average Bonchev–Trinajstić information content (AvgIpc) is 2.48. The van der Waals surface area contributed by atoms with E-state index in [0.29, 0.717) is 18.8 Å². The van der Waals surface area contributed by atoms with Gasteiger partial charge in [0.05, 0.1) is 6.54 Å². The standard InChI is InChI=1S/C12H20F3NO2/c1-2-9-4-3-6-11(7-5-9,10(17)18)16-8-12(13,14)15/h9,16H,2-8H2,1H3,(H,17,18). The number of hydrogen-bond donors (Lipinski definition) is 2. The van der Waals surface area contributed by atoms with Gasteiger partial charge in [0.1, 0.15) is 5.54 Å². The molecule has 3 nitrogen and oxygen atoms in total. The molecule has 0 bridgehead atoms. The first-order valence-corrected chi connectivity index (χ1v) is 6.34. The summed E-state index contributed by atoms with van der Waals surface area (Å²) in [4.78, 5) is 11.3. The molecule has 0 aromatic carbocycles. The van der Waals surface area contributed by atoms with Crippen LogP contribution >= 0.6 is 0 Å². The number of hydrogen-bond acceptors (Lipinski definition) is 2. The van der Waals surface area contributed by atoms with E-state index >= 15 is 0 Å². The number of nitrogens with one attached hydrogen (secondary N) is 1. The molecule has 6 heteroatoms. The maximum atomic E-state index is 12.2. The Bertz CT molecular complexity index is 294. The summed E-state index contributed by atoms with van der Waals surface area (Å²) in [6.07, 6.45) is -0.637. The maximum Gasteiger partial charge on any atom is 0.401 e. The van der Waals surface area contributed by atoms with Gasteiger partial charge in [-0.25, -0.2) is 0 Å². The minimum Gasteiger partial charge on any atom is -0.480 e. The fourth-order valence-electron chi connectivity index (χ4n) is 2.56. The summed E-state index contributed by atoms with van der Waals surface area (Å²) in [6.45, 7) is 0.789. The molecule has 0 amide bonds. The second-order valence-electron chi connectivity index (χ2n) is 5.06. The van der Waals surface area contributed by atoms with Gasteiger partial charge < -0.3 is 5.11 Å². The van der Waals surface area contributed by atoms with Gasteiger partial charge in [-0.15, -0.1) is 0 Å². The van der Waals surface area contributed by atoms with Crippen LogP contribution in [0.1, 0.15) is 45.4 Å². The quantitative estimate of drug-likeness (QED) is 0.770. The third kappa shape index (κ3) is 4.15. The first kappa shape index (κ1) is 15.3. The second kappa shape index (κ2) is 5.91. The summed E-state index contributed by atoms with van der Waals surface area (Å²) < 4.78 is 36.7. The third-order valence-corrected chi connectivity index (χ3v) is 3.81. The molecule has 0 radical (unpaired) electrons. The number of carboxylic acid groups (broad SMARTS) is 1. The summed E-state index contributed by atoms with van der Waals surface area (Å²) in [6, 6.07) is 0. The van der Waals surface area contributed by atoms with Crippen molar-refractivity contribution in [3.8, 4) is 0 Å². The smallest absolute Gasteiger partial charge is 0.401 e. The summed E-state index contributed by atoms with van der Waals surface area (Å²) in [5, 5.41) is 11.5. The fraction of sp³-hybridized carbons (Fsp3) is 0.917. The molecule has 2 N–H and O–H groups in total. The Hall–Kier alpha value is -0.780. The van der Waals surface area contributed by atoms with Crippen LogP contribution in [-0.4, -0.2) is 29.3 Å². The van der Waals surface area contributed by atoms with Crippen LogP contribution in [-0.2, 0) is 4.79 Å². The normalized spacial score (nSPS) is 29.9. The number of carbonyl (C=O) groups is 1. The highest BCUT2D eigenvalue weighted by molar-refractivity contribution is 5.78. The van der Waals surface area contributed by atoms with Gasteiger partial charge in [-0.05, 0) is 25.2 Å². The Labute approximate surface area is 105 Å². The lowest BCUT2D eigenvalue weighted by Gasteiger charge is -2.30. The lowest BCUT2D eigenvalue weighted by molar-refractivity contribution is -0.151. The highest BCUT2D eigenvalue weighted by Crippen LogP contribution is 2.32. The van der Waals surface area contributed by atoms with Gasteiger partial charge >= 0.3 is 12.1 Å². The van der Waals surface area contributed by atoms with Gasteiger partial charge in [-0.3, -0.25) is 10.1 Å². The monoisotopic (exact) mass is 267 g/mol.